The molecule has 3 aromatic carbocycles. The van der Waals surface area contributed by atoms with E-state index in [1.54, 1.807) is 12.1 Å². The molecule has 0 fully saturated rings. The fourth-order valence-electron chi connectivity index (χ4n) is 3.31. The number of hydrogen-bond donors (Lipinski definition) is 0. The number of pyridine rings is 1. The van der Waals surface area contributed by atoms with Crippen molar-refractivity contribution < 1.29 is 17.2 Å². The summed E-state index contributed by atoms with van der Waals surface area (Å²) in [5.41, 5.74) is 2.22. The number of fused-ring (bicyclic) bond motifs is 1. The van der Waals surface area contributed by atoms with Crippen molar-refractivity contribution in [3.8, 4) is 17.2 Å². The summed E-state index contributed by atoms with van der Waals surface area (Å²) in [7, 11) is -4.23. The fourth-order valence-corrected chi connectivity index (χ4v) is 4.80. The molecule has 30 heavy (non-hydrogen) atoms. The third-order valence-corrected chi connectivity index (χ3v) is 6.47. The molecule has 4 nitrogen and oxygen atoms in total. The summed E-state index contributed by atoms with van der Waals surface area (Å²) in [6, 6.07) is 15.5. The minimum Gasteiger partial charge on any atom is -0.255 e. The summed E-state index contributed by atoms with van der Waals surface area (Å²) in [5, 5.41) is 9.65. The first-order chi connectivity index (χ1) is 14.3. The first-order valence-corrected chi connectivity index (χ1v) is 10.4. The smallest absolute Gasteiger partial charge is 0.208 e. The van der Waals surface area contributed by atoms with E-state index in [1.165, 1.54) is 30.5 Å². The molecule has 0 saturated heterocycles. The van der Waals surface area contributed by atoms with Gasteiger partial charge in [-0.3, -0.25) is 4.98 Å². The maximum Gasteiger partial charge on any atom is 0.208 e. The Kier molecular flexibility index (Phi) is 4.80. The maximum atomic E-state index is 14.0. The third-order valence-electron chi connectivity index (χ3n) is 4.72. The van der Waals surface area contributed by atoms with E-state index >= 15 is 0 Å². The predicted octanol–water partition coefficient (Wildman–Crippen LogP) is 5.19. The van der Waals surface area contributed by atoms with Crippen molar-refractivity contribution in [1.82, 2.24) is 4.98 Å². The van der Waals surface area contributed by atoms with Crippen LogP contribution in [0.15, 0.2) is 76.7 Å². The molecule has 0 aliphatic heterocycles. The Hall–Kier alpha value is -3.63. The SMILES string of the molecule is Cc1ccc2c(-c3ccc(F)cc3)c(S(=O)(=O)c3cc(F)cc(C#N)c3)cnc2c1. The van der Waals surface area contributed by atoms with Gasteiger partial charge in [0.05, 0.1) is 26.9 Å². The molecule has 4 rings (SSSR count). The summed E-state index contributed by atoms with van der Waals surface area (Å²) in [6.07, 6.45) is 1.22. The molecule has 0 radical (unpaired) electrons. The second-order valence-electron chi connectivity index (χ2n) is 6.82. The number of benzene rings is 3. The Bertz CT molecular complexity index is 1440. The highest BCUT2D eigenvalue weighted by Crippen LogP contribution is 2.37. The van der Waals surface area contributed by atoms with E-state index in [-0.39, 0.29) is 15.4 Å². The van der Waals surface area contributed by atoms with E-state index in [4.69, 9.17) is 5.26 Å². The number of nitrogens with zero attached hydrogens (tertiary/aromatic N) is 2. The summed E-state index contributed by atoms with van der Waals surface area (Å²) in [6.45, 7) is 1.89. The van der Waals surface area contributed by atoms with Gasteiger partial charge in [0.25, 0.3) is 0 Å². The van der Waals surface area contributed by atoms with Gasteiger partial charge in [-0.25, -0.2) is 17.2 Å². The van der Waals surface area contributed by atoms with Crippen molar-refractivity contribution in [2.24, 2.45) is 0 Å². The van der Waals surface area contributed by atoms with Gasteiger partial charge in [-0.2, -0.15) is 5.26 Å². The van der Waals surface area contributed by atoms with Crippen LogP contribution < -0.4 is 0 Å². The molecule has 0 unspecified atom stereocenters. The molecule has 7 heteroatoms. The van der Waals surface area contributed by atoms with Gasteiger partial charge in [0.1, 0.15) is 11.6 Å². The van der Waals surface area contributed by atoms with Crippen LogP contribution in [0.25, 0.3) is 22.0 Å². The zero-order valence-electron chi connectivity index (χ0n) is 15.7. The van der Waals surface area contributed by atoms with Gasteiger partial charge in [0, 0.05) is 17.1 Å². The Morgan fingerprint density at radius 3 is 2.37 bits per heavy atom. The van der Waals surface area contributed by atoms with E-state index in [0.29, 0.717) is 22.0 Å². The van der Waals surface area contributed by atoms with Gasteiger partial charge >= 0.3 is 0 Å². The van der Waals surface area contributed by atoms with E-state index in [1.807, 2.05) is 19.1 Å². The highest BCUT2D eigenvalue weighted by Gasteiger charge is 2.26. The van der Waals surface area contributed by atoms with Crippen molar-refractivity contribution >= 4 is 20.7 Å². The molecular weight excluding hydrogens is 406 g/mol. The minimum atomic E-state index is -4.23. The first kappa shape index (κ1) is 19.7. The number of hydrogen-bond acceptors (Lipinski definition) is 4. The van der Waals surface area contributed by atoms with Crippen molar-refractivity contribution in [1.29, 1.82) is 5.26 Å². The number of aromatic nitrogens is 1. The number of rotatable bonds is 3. The summed E-state index contributed by atoms with van der Waals surface area (Å²) >= 11 is 0. The van der Waals surface area contributed by atoms with Gasteiger partial charge in [0.2, 0.25) is 9.84 Å². The number of halogens is 2. The average molecular weight is 420 g/mol. The molecule has 0 saturated carbocycles. The second kappa shape index (κ2) is 7.32. The van der Waals surface area contributed by atoms with Crippen molar-refractivity contribution in [2.75, 3.05) is 0 Å². The molecule has 4 aromatic rings. The molecule has 0 spiro atoms. The topological polar surface area (TPSA) is 70.8 Å². The van der Waals surface area contributed by atoms with Crippen LogP contribution in [0.3, 0.4) is 0 Å². The van der Waals surface area contributed by atoms with Crippen LogP contribution in [0.5, 0.6) is 0 Å². The van der Waals surface area contributed by atoms with Gasteiger partial charge in [-0.15, -0.1) is 0 Å². The quantitative estimate of drug-likeness (QED) is 0.457. The van der Waals surface area contributed by atoms with Crippen LogP contribution in [-0.4, -0.2) is 13.4 Å². The molecule has 0 amide bonds. The van der Waals surface area contributed by atoms with Crippen LogP contribution in [-0.2, 0) is 9.84 Å². The fraction of sp³-hybridized carbons (Fsp3) is 0.0435. The molecule has 0 N–H and O–H groups in total. The maximum absolute atomic E-state index is 14.0. The summed E-state index contributed by atoms with van der Waals surface area (Å²) in [5.74, 6) is -1.29. The average Bonchev–Trinajstić information content (AvgIpc) is 2.72. The first-order valence-electron chi connectivity index (χ1n) is 8.91. The monoisotopic (exact) mass is 420 g/mol. The lowest BCUT2D eigenvalue weighted by Gasteiger charge is -2.14. The van der Waals surface area contributed by atoms with Crippen LogP contribution in [0.4, 0.5) is 8.78 Å². The molecule has 0 aliphatic rings. The molecular formula is C23H14F2N2O2S. The van der Waals surface area contributed by atoms with Crippen LogP contribution in [0, 0.1) is 29.9 Å². The van der Waals surface area contributed by atoms with Gasteiger partial charge in [0.15, 0.2) is 0 Å². The van der Waals surface area contributed by atoms with E-state index in [0.717, 1.165) is 23.8 Å². The second-order valence-corrected chi connectivity index (χ2v) is 8.73. The number of aryl methyl sites for hydroxylation is 1. The van der Waals surface area contributed by atoms with Gasteiger partial charge < -0.3 is 0 Å². The van der Waals surface area contributed by atoms with Crippen LogP contribution in [0.2, 0.25) is 0 Å². The third kappa shape index (κ3) is 3.42. The van der Waals surface area contributed by atoms with E-state index in [2.05, 4.69) is 4.98 Å². The van der Waals surface area contributed by atoms with Crippen molar-refractivity contribution in [3.05, 3.63) is 89.6 Å². The molecule has 148 valence electrons. The Balaban J connectivity index is 2.07. The van der Waals surface area contributed by atoms with Crippen molar-refractivity contribution in [2.45, 2.75) is 16.7 Å². The van der Waals surface area contributed by atoms with Crippen LogP contribution >= 0.6 is 0 Å². The van der Waals surface area contributed by atoms with Crippen molar-refractivity contribution in [3.63, 3.8) is 0 Å². The molecule has 0 atom stereocenters. The largest absolute Gasteiger partial charge is 0.255 e. The lowest BCUT2D eigenvalue weighted by molar-refractivity contribution is 0.590. The Morgan fingerprint density at radius 1 is 0.933 bits per heavy atom. The van der Waals surface area contributed by atoms with Gasteiger partial charge in [-0.1, -0.05) is 24.3 Å². The molecule has 1 heterocycles. The van der Waals surface area contributed by atoms with Crippen LogP contribution in [0.1, 0.15) is 11.1 Å². The van der Waals surface area contributed by atoms with E-state index < -0.39 is 21.5 Å². The highest BCUT2D eigenvalue weighted by atomic mass is 32.2. The predicted molar refractivity (Wildman–Crippen MR) is 108 cm³/mol. The number of sulfone groups is 1. The summed E-state index contributed by atoms with van der Waals surface area (Å²) in [4.78, 5) is 3.79. The number of nitriles is 1. The van der Waals surface area contributed by atoms with E-state index in [9.17, 15) is 17.2 Å². The normalized spacial score (nSPS) is 11.4. The highest BCUT2D eigenvalue weighted by molar-refractivity contribution is 7.91. The lowest BCUT2D eigenvalue weighted by atomic mass is 10.0. The lowest BCUT2D eigenvalue weighted by Crippen LogP contribution is -2.06. The zero-order chi connectivity index (χ0) is 21.5. The summed E-state index contributed by atoms with van der Waals surface area (Å²) < 4.78 is 54.3. The standard InChI is InChI=1S/C23H14F2N2O2S/c1-14-2-7-20-21(8-14)27-13-22(23(20)16-3-5-17(24)6-4-16)30(28,29)19-10-15(12-26)9-18(25)11-19/h2-11,13H,1H3. The zero-order valence-corrected chi connectivity index (χ0v) is 16.5. The van der Waals surface area contributed by atoms with Gasteiger partial charge in [-0.05, 0) is 54.4 Å². The Labute approximate surface area is 172 Å². The minimum absolute atomic E-state index is 0.110. The molecule has 1 aromatic heterocycles. The Morgan fingerprint density at radius 2 is 1.67 bits per heavy atom. The molecule has 0 aliphatic carbocycles. The molecule has 0 bridgehead atoms.